The van der Waals surface area contributed by atoms with Gasteiger partial charge in [-0.05, 0) is 36.0 Å². The van der Waals surface area contributed by atoms with Crippen LogP contribution in [0.2, 0.25) is 0 Å². The first-order chi connectivity index (χ1) is 7.61. The van der Waals surface area contributed by atoms with Gasteiger partial charge in [-0.3, -0.25) is 0 Å². The number of nitrogens with one attached hydrogen (secondary N) is 1. The van der Waals surface area contributed by atoms with Crippen molar-refractivity contribution in [3.05, 3.63) is 20.3 Å². The van der Waals surface area contributed by atoms with E-state index in [0.717, 1.165) is 18.4 Å². The van der Waals surface area contributed by atoms with Gasteiger partial charge in [0.15, 0.2) is 0 Å². The molecule has 0 amide bonds. The van der Waals surface area contributed by atoms with Gasteiger partial charge in [0.05, 0.1) is 0 Å². The van der Waals surface area contributed by atoms with Crippen molar-refractivity contribution in [1.82, 2.24) is 5.32 Å². The first-order valence-corrected chi connectivity index (χ1v) is 6.10. The van der Waals surface area contributed by atoms with Gasteiger partial charge in [-0.1, -0.05) is 0 Å². The Labute approximate surface area is 107 Å². The van der Waals surface area contributed by atoms with Gasteiger partial charge in [0.1, 0.15) is 6.04 Å². The molecule has 0 spiro atoms. The highest BCUT2D eigenvalue weighted by molar-refractivity contribution is 9.10. The average molecular weight is 338 g/mol. The molecule has 1 aromatic rings. The van der Waals surface area contributed by atoms with Crippen molar-refractivity contribution in [3.63, 3.8) is 0 Å². The molecule has 17 heavy (non-hydrogen) atoms. The Morgan fingerprint density at radius 2 is 1.82 bits per heavy atom. The molecule has 1 heterocycles. The summed E-state index contributed by atoms with van der Waals surface area (Å²) in [5, 5.41) is 2.03. The van der Waals surface area contributed by atoms with Crippen LogP contribution in [-0.2, 0) is 0 Å². The first-order valence-electron chi connectivity index (χ1n) is 4.49. The number of aryl methyl sites for hydroxylation is 1. The second kappa shape index (κ2) is 4.81. The van der Waals surface area contributed by atoms with E-state index in [4.69, 9.17) is 0 Å². The lowest BCUT2D eigenvalue weighted by Crippen LogP contribution is -2.46. The highest BCUT2D eigenvalue weighted by Gasteiger charge is 2.62. The van der Waals surface area contributed by atoms with E-state index in [1.54, 1.807) is 6.92 Å². The lowest BCUT2D eigenvalue weighted by Gasteiger charge is -2.27. The second-order valence-electron chi connectivity index (χ2n) is 3.40. The van der Waals surface area contributed by atoms with Crippen LogP contribution in [0.4, 0.5) is 22.0 Å². The molecule has 0 aromatic carbocycles. The maximum absolute atomic E-state index is 13.2. The van der Waals surface area contributed by atoms with Crippen molar-refractivity contribution in [3.8, 4) is 0 Å². The molecule has 0 saturated carbocycles. The molecule has 1 nitrogen and oxygen atoms in total. The van der Waals surface area contributed by atoms with Crippen molar-refractivity contribution in [2.45, 2.75) is 25.1 Å². The third-order valence-corrected chi connectivity index (χ3v) is 4.39. The van der Waals surface area contributed by atoms with Gasteiger partial charge in [-0.2, -0.15) is 22.0 Å². The zero-order valence-corrected chi connectivity index (χ0v) is 11.2. The Kier molecular flexibility index (Phi) is 4.20. The maximum atomic E-state index is 13.2. The van der Waals surface area contributed by atoms with Crippen LogP contribution in [-0.4, -0.2) is 19.1 Å². The molecule has 0 saturated heterocycles. The van der Waals surface area contributed by atoms with Crippen LogP contribution in [0, 0.1) is 6.92 Å². The molecule has 8 heteroatoms. The molecule has 1 N–H and O–H groups in total. The van der Waals surface area contributed by atoms with Gasteiger partial charge in [-0.15, -0.1) is 11.3 Å². The summed E-state index contributed by atoms with van der Waals surface area (Å²) in [5.74, 6) is -4.81. The van der Waals surface area contributed by atoms with Crippen LogP contribution in [0.1, 0.15) is 15.8 Å². The molecule has 98 valence electrons. The lowest BCUT2D eigenvalue weighted by atomic mass is 10.1. The minimum Gasteiger partial charge on any atom is -0.307 e. The maximum Gasteiger partial charge on any atom is 0.455 e. The molecule has 0 aliphatic heterocycles. The van der Waals surface area contributed by atoms with Gasteiger partial charge in [0.25, 0.3) is 0 Å². The average Bonchev–Trinajstić information content (AvgIpc) is 2.45. The summed E-state index contributed by atoms with van der Waals surface area (Å²) < 4.78 is 63.8. The van der Waals surface area contributed by atoms with Gasteiger partial charge in [0, 0.05) is 14.2 Å². The Morgan fingerprint density at radius 1 is 1.29 bits per heavy atom. The number of thiophene rings is 1. The van der Waals surface area contributed by atoms with E-state index in [1.165, 1.54) is 6.07 Å². The second-order valence-corrected chi connectivity index (χ2v) is 5.54. The fourth-order valence-electron chi connectivity index (χ4n) is 1.29. The zero-order chi connectivity index (χ0) is 13.4. The largest absolute Gasteiger partial charge is 0.455 e. The summed E-state index contributed by atoms with van der Waals surface area (Å²) in [6, 6.07) is -0.793. The quantitative estimate of drug-likeness (QED) is 0.812. The molecule has 0 radical (unpaired) electrons. The fraction of sp³-hybridized carbons (Fsp3) is 0.556. The smallest absolute Gasteiger partial charge is 0.307 e. The molecule has 1 aromatic heterocycles. The Morgan fingerprint density at radius 3 is 2.12 bits per heavy atom. The number of halogens is 6. The van der Waals surface area contributed by atoms with Crippen LogP contribution in [0.25, 0.3) is 0 Å². The van der Waals surface area contributed by atoms with Crippen molar-refractivity contribution in [2.24, 2.45) is 0 Å². The molecule has 1 unspecified atom stereocenters. The molecule has 0 aliphatic rings. The summed E-state index contributed by atoms with van der Waals surface area (Å²) in [7, 11) is 1.08. The molecular formula is C9H9BrF5NS. The van der Waals surface area contributed by atoms with Crippen molar-refractivity contribution in [2.75, 3.05) is 7.05 Å². The Balaban J connectivity index is 3.16. The van der Waals surface area contributed by atoms with Crippen LogP contribution in [0.3, 0.4) is 0 Å². The summed E-state index contributed by atoms with van der Waals surface area (Å²) in [4.78, 5) is 0.595. The van der Waals surface area contributed by atoms with E-state index in [0.29, 0.717) is 9.35 Å². The molecule has 0 aliphatic carbocycles. The van der Waals surface area contributed by atoms with E-state index in [9.17, 15) is 22.0 Å². The molecule has 0 bridgehead atoms. The minimum atomic E-state index is -5.58. The van der Waals surface area contributed by atoms with Crippen molar-refractivity contribution in [1.29, 1.82) is 0 Å². The summed E-state index contributed by atoms with van der Waals surface area (Å²) >= 11 is 3.99. The predicted octanol–water partition coefficient (Wildman–Crippen LogP) is 4.28. The van der Waals surface area contributed by atoms with E-state index in [-0.39, 0.29) is 4.88 Å². The summed E-state index contributed by atoms with van der Waals surface area (Å²) in [6.45, 7) is 1.64. The number of alkyl halides is 5. The summed E-state index contributed by atoms with van der Waals surface area (Å²) in [5.41, 5.74) is 0. The number of hydrogen-bond acceptors (Lipinski definition) is 2. The van der Waals surface area contributed by atoms with Crippen molar-refractivity contribution >= 4 is 27.3 Å². The third kappa shape index (κ3) is 2.79. The lowest BCUT2D eigenvalue weighted by molar-refractivity contribution is -0.293. The zero-order valence-electron chi connectivity index (χ0n) is 8.83. The Hall–Kier alpha value is -0.210. The van der Waals surface area contributed by atoms with Crippen LogP contribution in [0.5, 0.6) is 0 Å². The molecule has 0 fully saturated rings. The topological polar surface area (TPSA) is 12.0 Å². The van der Waals surface area contributed by atoms with Crippen LogP contribution < -0.4 is 5.32 Å². The van der Waals surface area contributed by atoms with E-state index < -0.39 is 18.1 Å². The normalized spacial score (nSPS) is 15.1. The predicted molar refractivity (Wildman–Crippen MR) is 59.6 cm³/mol. The van der Waals surface area contributed by atoms with Crippen molar-refractivity contribution < 1.29 is 22.0 Å². The fourth-order valence-corrected chi connectivity index (χ4v) is 3.00. The van der Waals surface area contributed by atoms with E-state index in [2.05, 4.69) is 15.9 Å². The highest BCUT2D eigenvalue weighted by Crippen LogP contribution is 2.46. The van der Waals surface area contributed by atoms with Gasteiger partial charge >= 0.3 is 12.1 Å². The van der Waals surface area contributed by atoms with Crippen LogP contribution >= 0.6 is 27.3 Å². The molecule has 1 rings (SSSR count). The van der Waals surface area contributed by atoms with Gasteiger partial charge in [-0.25, -0.2) is 0 Å². The van der Waals surface area contributed by atoms with Crippen LogP contribution in [0.15, 0.2) is 10.5 Å². The van der Waals surface area contributed by atoms with Gasteiger partial charge < -0.3 is 5.32 Å². The Bertz CT molecular complexity index is 381. The standard InChI is InChI=1S/C9H9BrF5NS/c1-4-5(10)3-6(17-4)7(16-2)8(11,12)9(13,14)15/h3,7,16H,1-2H3. The monoisotopic (exact) mass is 337 g/mol. The number of rotatable bonds is 3. The SMILES string of the molecule is CNC(c1cc(Br)c(C)s1)C(F)(F)C(F)(F)F. The number of hydrogen-bond donors (Lipinski definition) is 1. The third-order valence-electron chi connectivity index (χ3n) is 2.19. The summed E-state index contributed by atoms with van der Waals surface area (Å²) in [6.07, 6.45) is -5.58. The first kappa shape index (κ1) is 14.8. The van der Waals surface area contributed by atoms with Gasteiger partial charge in [0.2, 0.25) is 0 Å². The van der Waals surface area contributed by atoms with E-state index >= 15 is 0 Å². The molecular weight excluding hydrogens is 329 g/mol. The minimum absolute atomic E-state index is 0.0563. The van der Waals surface area contributed by atoms with E-state index in [1.807, 2.05) is 5.32 Å². The highest BCUT2D eigenvalue weighted by atomic mass is 79.9. The molecule has 1 atom stereocenters.